The lowest BCUT2D eigenvalue weighted by molar-refractivity contribution is 0.365. The van der Waals surface area contributed by atoms with E-state index in [-0.39, 0.29) is 11.2 Å². The highest BCUT2D eigenvalue weighted by molar-refractivity contribution is 6.11. The van der Waals surface area contributed by atoms with Crippen LogP contribution >= 0.6 is 0 Å². The molecule has 1 fully saturated rings. The van der Waals surface area contributed by atoms with Gasteiger partial charge in [-0.2, -0.15) is 0 Å². The number of nitrogens with one attached hydrogen (secondary N) is 1. The molecule has 0 amide bonds. The third-order valence-corrected chi connectivity index (χ3v) is 4.75. The molecule has 1 aliphatic carbocycles. The van der Waals surface area contributed by atoms with Crippen LogP contribution in [0.2, 0.25) is 0 Å². The molecule has 0 spiro atoms. The number of nitrogens with zero attached hydrogens (tertiary/aromatic N) is 1. The Morgan fingerprint density at radius 3 is 2.83 bits per heavy atom. The highest BCUT2D eigenvalue weighted by atomic mass is 19.1. The maximum absolute atomic E-state index is 13.1. The highest BCUT2D eigenvalue weighted by Crippen LogP contribution is 2.43. The summed E-state index contributed by atoms with van der Waals surface area (Å²) in [6.07, 6.45) is 11.3. The van der Waals surface area contributed by atoms with Crippen LogP contribution in [0.15, 0.2) is 64.8 Å². The van der Waals surface area contributed by atoms with Crippen LogP contribution in [0.25, 0.3) is 0 Å². The molecular formula is C20H24FN3. The van der Waals surface area contributed by atoms with Crippen molar-refractivity contribution in [1.82, 2.24) is 5.32 Å². The normalized spacial score (nSPS) is 27.5. The molecule has 2 aliphatic rings. The lowest BCUT2D eigenvalue weighted by Gasteiger charge is -2.41. The van der Waals surface area contributed by atoms with Crippen LogP contribution in [0.3, 0.4) is 0 Å². The first-order valence-corrected chi connectivity index (χ1v) is 8.52. The van der Waals surface area contributed by atoms with Crippen molar-refractivity contribution >= 4 is 11.4 Å². The summed E-state index contributed by atoms with van der Waals surface area (Å²) < 4.78 is 13.1. The molecule has 1 unspecified atom stereocenters. The zero-order valence-corrected chi connectivity index (χ0v) is 14.1. The van der Waals surface area contributed by atoms with Crippen molar-refractivity contribution in [1.29, 1.82) is 0 Å². The zero-order chi connectivity index (χ0) is 17.0. The lowest BCUT2D eigenvalue weighted by atomic mass is 9.67. The maximum atomic E-state index is 13.1. The number of rotatable bonds is 3. The number of hydrogen-bond acceptors (Lipinski definition) is 3. The van der Waals surface area contributed by atoms with Crippen molar-refractivity contribution in [3.05, 3.63) is 65.7 Å². The number of benzene rings is 1. The lowest BCUT2D eigenvalue weighted by Crippen LogP contribution is -2.43. The molecule has 0 saturated carbocycles. The minimum absolute atomic E-state index is 0.00127. The monoisotopic (exact) mass is 325 g/mol. The second kappa shape index (κ2) is 7.14. The van der Waals surface area contributed by atoms with Crippen LogP contribution in [0.4, 0.5) is 10.1 Å². The molecule has 0 aromatic heterocycles. The van der Waals surface area contributed by atoms with Gasteiger partial charge in [-0.25, -0.2) is 9.38 Å². The van der Waals surface area contributed by atoms with Crippen LogP contribution < -0.4 is 11.1 Å². The standard InChI is InChI=1S/C20H24FN3/c1-2-3-9-20-12-15(13-22)19(11-16(20)8-10-23-14-20)24-18-6-4-17(21)5-7-18/h3-7,9,11,13,23H,2,8,10,12,14,22H2,1H3/b9-3+,15-13?,24-19?. The Morgan fingerprint density at radius 2 is 2.12 bits per heavy atom. The van der Waals surface area contributed by atoms with Crippen molar-refractivity contribution < 1.29 is 4.39 Å². The SMILES string of the molecule is CC/C=C/C12CNCCC1=CC(=Nc1ccc(F)cc1)C(=CN)C2. The summed E-state index contributed by atoms with van der Waals surface area (Å²) in [6.45, 7) is 4.06. The number of halogens is 1. The summed E-state index contributed by atoms with van der Waals surface area (Å²) in [5, 5.41) is 3.51. The predicted octanol–water partition coefficient (Wildman–Crippen LogP) is 4.02. The zero-order valence-electron chi connectivity index (χ0n) is 14.1. The number of hydrogen-bond donors (Lipinski definition) is 2. The first-order valence-electron chi connectivity index (χ1n) is 8.52. The molecule has 3 nitrogen and oxygen atoms in total. The van der Waals surface area contributed by atoms with Crippen molar-refractivity contribution in [2.24, 2.45) is 16.1 Å². The van der Waals surface area contributed by atoms with Gasteiger partial charge in [0.15, 0.2) is 0 Å². The Hall–Kier alpha value is -2.20. The van der Waals surface area contributed by atoms with Crippen molar-refractivity contribution in [2.45, 2.75) is 26.2 Å². The van der Waals surface area contributed by atoms with E-state index in [9.17, 15) is 4.39 Å². The van der Waals surface area contributed by atoms with Crippen LogP contribution in [0.5, 0.6) is 0 Å². The van der Waals surface area contributed by atoms with E-state index in [1.807, 2.05) is 0 Å². The van der Waals surface area contributed by atoms with Crippen LogP contribution in [0, 0.1) is 11.2 Å². The largest absolute Gasteiger partial charge is 0.404 e. The van der Waals surface area contributed by atoms with Gasteiger partial charge in [-0.1, -0.05) is 24.6 Å². The van der Waals surface area contributed by atoms with Gasteiger partial charge in [0, 0.05) is 12.0 Å². The van der Waals surface area contributed by atoms with Crippen LogP contribution in [-0.4, -0.2) is 18.8 Å². The molecule has 0 radical (unpaired) electrons. The Morgan fingerprint density at radius 1 is 1.33 bits per heavy atom. The van der Waals surface area contributed by atoms with Gasteiger partial charge in [0.05, 0.1) is 11.4 Å². The van der Waals surface area contributed by atoms with Gasteiger partial charge in [0.2, 0.25) is 0 Å². The molecule has 3 N–H and O–H groups in total. The van der Waals surface area contributed by atoms with Gasteiger partial charge >= 0.3 is 0 Å². The Kier molecular flexibility index (Phi) is 4.95. The van der Waals surface area contributed by atoms with E-state index < -0.39 is 0 Å². The summed E-state index contributed by atoms with van der Waals surface area (Å²) in [5.74, 6) is -0.252. The number of piperidine rings is 1. The molecule has 1 heterocycles. The first kappa shape index (κ1) is 16.7. The van der Waals surface area contributed by atoms with Gasteiger partial charge in [-0.15, -0.1) is 0 Å². The molecule has 1 aromatic carbocycles. The molecular weight excluding hydrogens is 301 g/mol. The fraction of sp³-hybridized carbons (Fsp3) is 0.350. The minimum Gasteiger partial charge on any atom is -0.404 e. The third-order valence-electron chi connectivity index (χ3n) is 4.75. The summed E-state index contributed by atoms with van der Waals surface area (Å²) in [4.78, 5) is 4.69. The first-order chi connectivity index (χ1) is 11.7. The average Bonchev–Trinajstić information content (AvgIpc) is 2.61. The quantitative estimate of drug-likeness (QED) is 0.825. The van der Waals surface area contributed by atoms with Gasteiger partial charge in [-0.05, 0) is 67.9 Å². The summed E-state index contributed by atoms with van der Waals surface area (Å²) in [6, 6.07) is 6.24. The van der Waals surface area contributed by atoms with E-state index in [4.69, 9.17) is 10.7 Å². The van der Waals surface area contributed by atoms with Crippen LogP contribution in [-0.2, 0) is 0 Å². The average molecular weight is 325 g/mol. The van der Waals surface area contributed by atoms with Crippen molar-refractivity contribution in [3.63, 3.8) is 0 Å². The molecule has 24 heavy (non-hydrogen) atoms. The fourth-order valence-corrected chi connectivity index (χ4v) is 3.45. The summed E-state index contributed by atoms with van der Waals surface area (Å²) in [7, 11) is 0. The van der Waals surface area contributed by atoms with Crippen molar-refractivity contribution in [3.8, 4) is 0 Å². The van der Waals surface area contributed by atoms with E-state index in [1.165, 1.54) is 17.7 Å². The molecule has 1 aliphatic heterocycles. The molecule has 1 atom stereocenters. The predicted molar refractivity (Wildman–Crippen MR) is 97.8 cm³/mol. The molecule has 126 valence electrons. The van der Waals surface area contributed by atoms with E-state index in [0.717, 1.165) is 49.3 Å². The summed E-state index contributed by atoms with van der Waals surface area (Å²) in [5.41, 5.74) is 9.97. The van der Waals surface area contributed by atoms with Gasteiger partial charge in [-0.3, -0.25) is 0 Å². The topological polar surface area (TPSA) is 50.4 Å². The molecule has 0 bridgehead atoms. The molecule has 4 heteroatoms. The van der Waals surface area contributed by atoms with E-state index in [1.54, 1.807) is 18.3 Å². The molecule has 1 saturated heterocycles. The van der Waals surface area contributed by atoms with E-state index in [0.29, 0.717) is 0 Å². The van der Waals surface area contributed by atoms with Crippen molar-refractivity contribution in [2.75, 3.05) is 13.1 Å². The Balaban J connectivity index is 2.02. The number of fused-ring (bicyclic) bond motifs is 1. The molecule has 1 aromatic rings. The number of aliphatic imine (C=N–C) groups is 1. The number of nitrogens with two attached hydrogens (primary N) is 1. The van der Waals surface area contributed by atoms with Crippen LogP contribution in [0.1, 0.15) is 26.2 Å². The summed E-state index contributed by atoms with van der Waals surface area (Å²) >= 11 is 0. The van der Waals surface area contributed by atoms with E-state index in [2.05, 4.69) is 30.5 Å². The Labute approximate surface area is 142 Å². The fourth-order valence-electron chi connectivity index (χ4n) is 3.45. The number of allylic oxidation sites excluding steroid dienone is 3. The second-order valence-corrected chi connectivity index (χ2v) is 6.41. The highest BCUT2D eigenvalue weighted by Gasteiger charge is 2.38. The Bertz CT molecular complexity index is 713. The van der Waals surface area contributed by atoms with Gasteiger partial charge < -0.3 is 11.1 Å². The van der Waals surface area contributed by atoms with Gasteiger partial charge in [0.1, 0.15) is 5.82 Å². The second-order valence-electron chi connectivity index (χ2n) is 6.41. The third kappa shape index (κ3) is 3.34. The smallest absolute Gasteiger partial charge is 0.123 e. The van der Waals surface area contributed by atoms with Gasteiger partial charge in [0.25, 0.3) is 0 Å². The maximum Gasteiger partial charge on any atom is 0.123 e. The molecule has 3 rings (SSSR count). The minimum atomic E-state index is -0.252. The van der Waals surface area contributed by atoms with E-state index >= 15 is 0 Å².